The number of nitrogens with one attached hydrogen (secondary N) is 1. The molecule has 198 valence electrons. The van der Waals surface area contributed by atoms with Crippen molar-refractivity contribution >= 4 is 37.1 Å². The highest BCUT2D eigenvalue weighted by Crippen LogP contribution is 2.47. The number of nitrogens with two attached hydrogens (primary N) is 1. The summed E-state index contributed by atoms with van der Waals surface area (Å²) in [5.41, 5.74) is 5.47. The number of rotatable bonds is 21. The van der Waals surface area contributed by atoms with Crippen LogP contribution in [0.4, 0.5) is 0 Å². The van der Waals surface area contributed by atoms with Crippen molar-refractivity contribution in [1.29, 1.82) is 0 Å². The highest BCUT2D eigenvalue weighted by molar-refractivity contribution is 8.07. The number of benzene rings is 1. The van der Waals surface area contributed by atoms with Gasteiger partial charge in [0.1, 0.15) is 11.5 Å². The fraction of sp³-hybridized carbons (Fsp3) is 0.700. The van der Waals surface area contributed by atoms with Gasteiger partial charge in [-0.2, -0.15) is 0 Å². The molecule has 3 unspecified atom stereocenters. The Hall–Kier alpha value is -0.200. The molecular formula is C20H38N2O8P2S2. The van der Waals surface area contributed by atoms with Crippen molar-refractivity contribution in [1.82, 2.24) is 5.32 Å². The summed E-state index contributed by atoms with van der Waals surface area (Å²) >= 11 is 10.1. The molecule has 0 fully saturated rings. The smallest absolute Gasteiger partial charge is 0.377 e. The van der Waals surface area contributed by atoms with Crippen molar-refractivity contribution < 1.29 is 38.1 Å². The van der Waals surface area contributed by atoms with E-state index in [-0.39, 0.29) is 38.2 Å². The molecule has 0 bridgehead atoms. The van der Waals surface area contributed by atoms with Gasteiger partial charge in [0.25, 0.3) is 0 Å². The summed E-state index contributed by atoms with van der Waals surface area (Å²) in [7, 11) is 0. The third-order valence-corrected chi connectivity index (χ3v) is 7.62. The Balaban J connectivity index is 2.40. The zero-order chi connectivity index (χ0) is 25.3. The van der Waals surface area contributed by atoms with Gasteiger partial charge in [-0.25, -0.2) is 0 Å². The quantitative estimate of drug-likeness (QED) is 0.0744. The molecule has 0 heterocycles. The standard InChI is InChI=1S/C20H38N2O8P2S2/c21-12-4-3-7-18(15-23)16-28-32(26,34)30-20-10-8-19(9-11-20)29-31(25,33)27-14-6-2-1-5-13-22-17-24/h8-11,18,22-24H,1-7,12-17,21H2,(H,25,33)(H,26,34). The van der Waals surface area contributed by atoms with Gasteiger partial charge in [0.05, 0.1) is 19.9 Å². The maximum absolute atomic E-state index is 10.3. The minimum Gasteiger partial charge on any atom is -0.424 e. The predicted octanol–water partition coefficient (Wildman–Crippen LogP) is 2.75. The Morgan fingerprint density at radius 3 is 2.00 bits per heavy atom. The molecule has 0 spiro atoms. The summed E-state index contributed by atoms with van der Waals surface area (Å²) in [6.07, 6.45) is 5.99. The van der Waals surface area contributed by atoms with Crippen LogP contribution in [0.15, 0.2) is 24.3 Å². The first-order valence-electron chi connectivity index (χ1n) is 11.3. The van der Waals surface area contributed by atoms with Gasteiger partial charge in [0, 0.05) is 36.1 Å². The minimum absolute atomic E-state index is 0.0223. The van der Waals surface area contributed by atoms with Crippen LogP contribution >= 0.6 is 13.4 Å². The zero-order valence-corrected chi connectivity index (χ0v) is 22.7. The number of hydrogen-bond donors (Lipinski definition) is 6. The molecule has 1 aromatic rings. The molecule has 0 aliphatic heterocycles. The minimum atomic E-state index is -3.55. The van der Waals surface area contributed by atoms with Crippen LogP contribution in [-0.4, -0.2) is 59.6 Å². The second-order valence-corrected chi connectivity index (χ2v) is 13.1. The average Bonchev–Trinajstić information content (AvgIpc) is 2.79. The van der Waals surface area contributed by atoms with Gasteiger partial charge in [-0.05, 0) is 63.0 Å². The average molecular weight is 561 g/mol. The molecule has 0 amide bonds. The maximum atomic E-state index is 10.3. The first kappa shape index (κ1) is 31.8. The highest BCUT2D eigenvalue weighted by atomic mass is 32.5. The van der Waals surface area contributed by atoms with Crippen molar-refractivity contribution in [2.24, 2.45) is 11.7 Å². The van der Waals surface area contributed by atoms with Crippen LogP contribution < -0.4 is 20.1 Å². The van der Waals surface area contributed by atoms with Crippen molar-refractivity contribution in [2.75, 3.05) is 39.6 Å². The second-order valence-electron chi connectivity index (χ2n) is 7.63. The summed E-state index contributed by atoms with van der Waals surface area (Å²) in [5, 5.41) is 20.9. The maximum Gasteiger partial charge on any atom is 0.377 e. The first-order valence-corrected chi connectivity index (χ1v) is 16.5. The molecule has 3 atom stereocenters. The fourth-order valence-electron chi connectivity index (χ4n) is 2.85. The van der Waals surface area contributed by atoms with Crippen LogP contribution in [0.3, 0.4) is 0 Å². The third kappa shape index (κ3) is 15.7. The lowest BCUT2D eigenvalue weighted by molar-refractivity contribution is 0.143. The number of aliphatic hydroxyl groups is 2. The lowest BCUT2D eigenvalue weighted by Crippen LogP contribution is -2.15. The second kappa shape index (κ2) is 18.1. The molecule has 10 nitrogen and oxygen atoms in total. The molecule has 0 aromatic heterocycles. The molecule has 14 heteroatoms. The van der Waals surface area contributed by atoms with Gasteiger partial charge in [0.2, 0.25) is 0 Å². The van der Waals surface area contributed by atoms with Crippen molar-refractivity contribution in [3.05, 3.63) is 24.3 Å². The summed E-state index contributed by atoms with van der Waals surface area (Å²) < 4.78 is 21.5. The molecule has 0 radical (unpaired) electrons. The molecule has 7 N–H and O–H groups in total. The van der Waals surface area contributed by atoms with E-state index >= 15 is 0 Å². The molecule has 0 aliphatic rings. The van der Waals surface area contributed by atoms with E-state index in [2.05, 4.69) is 5.32 Å². The van der Waals surface area contributed by atoms with Crippen molar-refractivity contribution in [2.45, 2.75) is 44.9 Å². The van der Waals surface area contributed by atoms with E-state index in [0.29, 0.717) is 18.7 Å². The molecule has 0 saturated carbocycles. The molecule has 1 rings (SSSR count). The molecule has 34 heavy (non-hydrogen) atoms. The fourth-order valence-corrected chi connectivity index (χ4v) is 5.41. The summed E-state index contributed by atoms with van der Waals surface area (Å²) in [6, 6.07) is 6.05. The lowest BCUT2D eigenvalue weighted by atomic mass is 10.0. The Bertz CT molecular complexity index is 761. The first-order chi connectivity index (χ1) is 16.2. The number of hydrogen-bond acceptors (Lipinski definition) is 10. The van der Waals surface area contributed by atoms with Crippen LogP contribution in [0.25, 0.3) is 0 Å². The van der Waals surface area contributed by atoms with Crippen LogP contribution in [-0.2, 0) is 32.7 Å². The van der Waals surface area contributed by atoms with E-state index < -0.39 is 13.4 Å². The summed E-state index contributed by atoms with van der Waals surface area (Å²) in [5.74, 6) is 0.405. The van der Waals surface area contributed by atoms with Crippen LogP contribution in [0.2, 0.25) is 0 Å². The summed E-state index contributed by atoms with van der Waals surface area (Å²) in [6.45, 7) is -5.39. The molecule has 0 saturated heterocycles. The Kier molecular flexibility index (Phi) is 17.0. The van der Waals surface area contributed by atoms with E-state index in [1.807, 2.05) is 0 Å². The highest BCUT2D eigenvalue weighted by Gasteiger charge is 2.21. The van der Waals surface area contributed by atoms with Crippen LogP contribution in [0, 0.1) is 5.92 Å². The third-order valence-electron chi connectivity index (χ3n) is 4.68. The Morgan fingerprint density at radius 1 is 0.853 bits per heavy atom. The summed E-state index contributed by atoms with van der Waals surface area (Å²) in [4.78, 5) is 20.5. The SMILES string of the molecule is NCCCCC(CO)COP(O)(=S)Oc1ccc(OP(O)(=S)OCCCCCCNCO)cc1. The normalized spacial score (nSPS) is 15.9. The van der Waals surface area contributed by atoms with Crippen molar-refractivity contribution in [3.8, 4) is 11.5 Å². The van der Waals surface area contributed by atoms with E-state index in [4.69, 9.17) is 52.5 Å². The van der Waals surface area contributed by atoms with E-state index in [9.17, 15) is 14.9 Å². The van der Waals surface area contributed by atoms with E-state index in [1.165, 1.54) is 24.3 Å². The molecular weight excluding hydrogens is 522 g/mol. The van der Waals surface area contributed by atoms with Crippen molar-refractivity contribution in [3.63, 3.8) is 0 Å². The molecule has 1 aromatic carbocycles. The number of aliphatic hydroxyl groups excluding tert-OH is 2. The van der Waals surface area contributed by atoms with Gasteiger partial charge >= 0.3 is 13.4 Å². The van der Waals surface area contributed by atoms with E-state index in [0.717, 1.165) is 45.1 Å². The topological polar surface area (TPSA) is 156 Å². The van der Waals surface area contributed by atoms with E-state index in [1.54, 1.807) is 0 Å². The largest absolute Gasteiger partial charge is 0.424 e. The monoisotopic (exact) mass is 560 g/mol. The Labute approximate surface area is 212 Å². The van der Waals surface area contributed by atoms with Gasteiger partial charge in [-0.15, -0.1) is 0 Å². The lowest BCUT2D eigenvalue weighted by Gasteiger charge is -2.20. The molecule has 0 aliphatic carbocycles. The number of unbranched alkanes of at least 4 members (excludes halogenated alkanes) is 4. The zero-order valence-electron chi connectivity index (χ0n) is 19.3. The van der Waals surface area contributed by atoms with Crippen LogP contribution in [0.5, 0.6) is 11.5 Å². The van der Waals surface area contributed by atoms with Gasteiger partial charge in [-0.3, -0.25) is 14.4 Å². The van der Waals surface area contributed by atoms with Gasteiger partial charge in [-0.1, -0.05) is 19.3 Å². The van der Waals surface area contributed by atoms with Gasteiger partial charge < -0.3 is 34.8 Å². The van der Waals surface area contributed by atoms with Gasteiger partial charge in [0.15, 0.2) is 0 Å². The van der Waals surface area contributed by atoms with Crippen LogP contribution in [0.1, 0.15) is 44.9 Å². The Morgan fingerprint density at radius 2 is 1.44 bits per heavy atom. The predicted molar refractivity (Wildman–Crippen MR) is 140 cm³/mol.